The second kappa shape index (κ2) is 56.7. The van der Waals surface area contributed by atoms with Gasteiger partial charge in [-0.05, 0) is 38.5 Å². The fraction of sp³-hybridized carbons (Fsp3) is 0.951. The number of aliphatic hydroxyl groups excluding tert-OH is 3. The molecule has 3 unspecified atom stereocenters. The van der Waals surface area contributed by atoms with E-state index in [1.807, 2.05) is 0 Å². The van der Waals surface area contributed by atoms with Crippen molar-refractivity contribution in [3.63, 3.8) is 0 Å². The minimum Gasteiger partial charge on any atom is -0.394 e. The molecule has 394 valence electrons. The average molecular weight is 933 g/mol. The van der Waals surface area contributed by atoms with Crippen LogP contribution in [0.1, 0.15) is 348 Å². The summed E-state index contributed by atoms with van der Waals surface area (Å²) in [7, 11) is 0. The van der Waals surface area contributed by atoms with E-state index in [1.54, 1.807) is 0 Å². The molecule has 0 fully saturated rings. The van der Waals surface area contributed by atoms with Crippen LogP contribution >= 0.6 is 0 Å². The lowest BCUT2D eigenvalue weighted by atomic mass is 9.99. The third-order valence-corrected chi connectivity index (χ3v) is 14.6. The molecule has 5 nitrogen and oxygen atoms in total. The molecule has 66 heavy (non-hydrogen) atoms. The van der Waals surface area contributed by atoms with E-state index in [4.69, 9.17) is 0 Å². The van der Waals surface area contributed by atoms with Crippen LogP contribution in [0.15, 0.2) is 12.2 Å². The van der Waals surface area contributed by atoms with Gasteiger partial charge in [-0.2, -0.15) is 0 Å². The van der Waals surface area contributed by atoms with Gasteiger partial charge in [-0.15, -0.1) is 0 Å². The Morgan fingerprint density at radius 2 is 0.606 bits per heavy atom. The van der Waals surface area contributed by atoms with Crippen LogP contribution in [0.3, 0.4) is 0 Å². The molecular weight excluding hydrogens is 811 g/mol. The van der Waals surface area contributed by atoms with Crippen molar-refractivity contribution in [3.8, 4) is 0 Å². The van der Waals surface area contributed by atoms with E-state index in [-0.39, 0.29) is 12.5 Å². The molecule has 0 saturated heterocycles. The van der Waals surface area contributed by atoms with E-state index >= 15 is 0 Å². The van der Waals surface area contributed by atoms with Crippen molar-refractivity contribution in [1.82, 2.24) is 5.32 Å². The lowest BCUT2D eigenvalue weighted by Crippen LogP contribution is -2.50. The minimum atomic E-state index is -1.13. The van der Waals surface area contributed by atoms with Crippen molar-refractivity contribution in [3.05, 3.63) is 12.2 Å². The van der Waals surface area contributed by atoms with E-state index < -0.39 is 18.2 Å². The van der Waals surface area contributed by atoms with Crippen LogP contribution in [0.5, 0.6) is 0 Å². The Morgan fingerprint density at radius 3 is 0.879 bits per heavy atom. The normalized spacial score (nSPS) is 13.2. The summed E-state index contributed by atoms with van der Waals surface area (Å²) in [5.41, 5.74) is 0. The Morgan fingerprint density at radius 1 is 0.364 bits per heavy atom. The Bertz CT molecular complexity index is 940. The Labute approximate surface area is 414 Å². The van der Waals surface area contributed by atoms with Crippen LogP contribution in [-0.2, 0) is 4.79 Å². The maximum absolute atomic E-state index is 12.5. The topological polar surface area (TPSA) is 89.8 Å². The second-order valence-electron chi connectivity index (χ2n) is 21.3. The smallest absolute Gasteiger partial charge is 0.220 e. The molecule has 0 rings (SSSR count). The summed E-state index contributed by atoms with van der Waals surface area (Å²) >= 11 is 0. The number of hydrogen-bond donors (Lipinski definition) is 4. The fourth-order valence-electron chi connectivity index (χ4n) is 9.93. The quantitative estimate of drug-likeness (QED) is 0.0361. The highest BCUT2D eigenvalue weighted by Crippen LogP contribution is 2.19. The summed E-state index contributed by atoms with van der Waals surface area (Å²) in [6, 6.07) is -0.807. The maximum Gasteiger partial charge on any atom is 0.220 e. The predicted octanol–water partition coefficient (Wildman–Crippen LogP) is 19.1. The molecule has 0 aliphatic rings. The zero-order chi connectivity index (χ0) is 47.9. The molecule has 0 aliphatic carbocycles. The summed E-state index contributed by atoms with van der Waals surface area (Å²) < 4.78 is 0. The maximum atomic E-state index is 12.5. The van der Waals surface area contributed by atoms with Gasteiger partial charge in [-0.25, -0.2) is 0 Å². The van der Waals surface area contributed by atoms with Crippen LogP contribution in [0.2, 0.25) is 0 Å². The van der Waals surface area contributed by atoms with Crippen LogP contribution < -0.4 is 5.32 Å². The molecule has 0 aromatic carbocycles. The summed E-state index contributed by atoms with van der Waals surface area (Å²) in [5.74, 6) is -0.137. The molecular formula is C61H121NO4. The third-order valence-electron chi connectivity index (χ3n) is 14.6. The van der Waals surface area contributed by atoms with Crippen LogP contribution in [0.4, 0.5) is 0 Å². The molecule has 0 spiro atoms. The number of amides is 1. The molecule has 1 amide bonds. The van der Waals surface area contributed by atoms with Gasteiger partial charge in [-0.3, -0.25) is 4.79 Å². The summed E-state index contributed by atoms with van der Waals surface area (Å²) in [5, 5.41) is 33.8. The molecule has 0 heterocycles. The molecule has 0 bridgehead atoms. The monoisotopic (exact) mass is 932 g/mol. The van der Waals surface area contributed by atoms with Gasteiger partial charge in [0.2, 0.25) is 5.91 Å². The van der Waals surface area contributed by atoms with E-state index in [1.165, 1.54) is 289 Å². The first-order chi connectivity index (χ1) is 32.6. The van der Waals surface area contributed by atoms with Crippen molar-refractivity contribution in [2.24, 2.45) is 0 Å². The summed E-state index contributed by atoms with van der Waals surface area (Å²) in [6.45, 7) is 4.23. The highest BCUT2D eigenvalue weighted by atomic mass is 16.3. The van der Waals surface area contributed by atoms with Gasteiger partial charge in [0, 0.05) is 6.42 Å². The molecule has 0 radical (unpaired) electrons. The predicted molar refractivity (Wildman–Crippen MR) is 292 cm³/mol. The number of nitrogens with one attached hydrogen (secondary N) is 1. The molecule has 0 aliphatic heterocycles. The Hall–Kier alpha value is -0.910. The van der Waals surface area contributed by atoms with Gasteiger partial charge in [0.25, 0.3) is 0 Å². The van der Waals surface area contributed by atoms with Gasteiger partial charge in [0.1, 0.15) is 6.10 Å². The Balaban J connectivity index is 3.47. The molecule has 4 N–H and O–H groups in total. The van der Waals surface area contributed by atoms with Gasteiger partial charge in [0.15, 0.2) is 0 Å². The fourth-order valence-corrected chi connectivity index (χ4v) is 9.93. The van der Waals surface area contributed by atoms with Crippen molar-refractivity contribution in [2.45, 2.75) is 366 Å². The van der Waals surface area contributed by atoms with Gasteiger partial charge in [-0.1, -0.05) is 315 Å². The van der Waals surface area contributed by atoms with Crippen LogP contribution in [0.25, 0.3) is 0 Å². The highest BCUT2D eigenvalue weighted by molar-refractivity contribution is 5.76. The van der Waals surface area contributed by atoms with E-state index in [9.17, 15) is 20.1 Å². The molecule has 0 aromatic heterocycles. The first kappa shape index (κ1) is 65.1. The number of hydrogen-bond acceptors (Lipinski definition) is 4. The number of aliphatic hydroxyl groups is 3. The van der Waals surface area contributed by atoms with Gasteiger partial charge in [0.05, 0.1) is 18.8 Å². The van der Waals surface area contributed by atoms with Crippen molar-refractivity contribution < 1.29 is 20.1 Å². The van der Waals surface area contributed by atoms with Crippen molar-refractivity contribution in [1.29, 1.82) is 0 Å². The molecule has 0 saturated carbocycles. The number of unbranched alkanes of at least 4 members (excludes halogenated alkanes) is 47. The first-order valence-electron chi connectivity index (χ1n) is 30.5. The number of allylic oxidation sites excluding steroid dienone is 2. The largest absolute Gasteiger partial charge is 0.394 e. The minimum absolute atomic E-state index is 0.137. The van der Waals surface area contributed by atoms with Crippen LogP contribution in [-0.4, -0.2) is 46.1 Å². The highest BCUT2D eigenvalue weighted by Gasteiger charge is 2.26. The number of carbonyl (C=O) groups is 1. The van der Waals surface area contributed by atoms with E-state index in [0.717, 1.165) is 32.1 Å². The second-order valence-corrected chi connectivity index (χ2v) is 21.3. The third kappa shape index (κ3) is 51.0. The molecule has 5 heteroatoms. The average Bonchev–Trinajstić information content (AvgIpc) is 3.32. The number of carbonyl (C=O) groups excluding carboxylic acids is 1. The summed E-state index contributed by atoms with van der Waals surface area (Å²) in [6.07, 6.45) is 71.0. The SMILES string of the molecule is CCCCCCCCCCCCCC/C=C\CCCCCCCCCCCCCCCCCCC(=O)NC(CO)C(O)C(O)CCCCCCCCCCCCCCCCCCCCCC. The number of rotatable bonds is 57. The van der Waals surface area contributed by atoms with Gasteiger partial charge >= 0.3 is 0 Å². The molecule has 3 atom stereocenters. The Kier molecular flexibility index (Phi) is 55.9. The van der Waals surface area contributed by atoms with E-state index in [0.29, 0.717) is 12.8 Å². The van der Waals surface area contributed by atoms with Crippen molar-refractivity contribution >= 4 is 5.91 Å². The standard InChI is InChI=1S/C61H121NO4/c1-3-5-7-9-11-13-15-17-19-21-23-25-26-27-28-29-30-31-32-33-34-35-36-38-40-42-44-46-48-50-52-54-56-60(65)62-58(57-63)61(66)59(64)55-53-51-49-47-45-43-41-39-37-24-22-20-18-16-14-12-10-8-6-4-2/h27-28,58-59,61,63-64,66H,3-26,29-57H2,1-2H3,(H,62,65)/b28-27-. The lowest BCUT2D eigenvalue weighted by molar-refractivity contribution is -0.124. The van der Waals surface area contributed by atoms with Crippen molar-refractivity contribution in [2.75, 3.05) is 6.61 Å². The van der Waals surface area contributed by atoms with E-state index in [2.05, 4.69) is 31.3 Å². The van der Waals surface area contributed by atoms with Gasteiger partial charge < -0.3 is 20.6 Å². The first-order valence-corrected chi connectivity index (χ1v) is 30.5. The zero-order valence-electron chi connectivity index (χ0n) is 45.1. The lowest BCUT2D eigenvalue weighted by Gasteiger charge is -2.26. The molecule has 0 aromatic rings. The zero-order valence-corrected chi connectivity index (χ0v) is 45.1. The summed E-state index contributed by atoms with van der Waals surface area (Å²) in [4.78, 5) is 12.5. The van der Waals surface area contributed by atoms with Crippen LogP contribution in [0, 0.1) is 0 Å².